The van der Waals surface area contributed by atoms with Crippen LogP contribution in [0.3, 0.4) is 0 Å². The highest BCUT2D eigenvalue weighted by Gasteiger charge is 2.39. The summed E-state index contributed by atoms with van der Waals surface area (Å²) in [7, 11) is 1.40. The first kappa shape index (κ1) is 25.6. The molecule has 1 aromatic carbocycles. The van der Waals surface area contributed by atoms with Crippen molar-refractivity contribution in [1.29, 1.82) is 0 Å². The van der Waals surface area contributed by atoms with E-state index in [1.807, 2.05) is 26.0 Å². The summed E-state index contributed by atoms with van der Waals surface area (Å²) >= 11 is 1.58. The van der Waals surface area contributed by atoms with Crippen molar-refractivity contribution in [3.05, 3.63) is 40.3 Å². The summed E-state index contributed by atoms with van der Waals surface area (Å²) in [5, 5.41) is 1.10. The maximum atomic E-state index is 13.1. The lowest BCUT2D eigenvalue weighted by Crippen LogP contribution is -2.21. The molecular weight excluding hydrogens is 436 g/mol. The van der Waals surface area contributed by atoms with E-state index in [2.05, 4.69) is 32.0 Å². The second-order valence-electron chi connectivity index (χ2n) is 9.19. The summed E-state index contributed by atoms with van der Waals surface area (Å²) in [4.78, 5) is 25.4. The number of thiophene rings is 1. The van der Waals surface area contributed by atoms with E-state index in [1.165, 1.54) is 12.7 Å². The van der Waals surface area contributed by atoms with Gasteiger partial charge < -0.3 is 14.2 Å². The van der Waals surface area contributed by atoms with Crippen LogP contribution >= 0.6 is 11.3 Å². The minimum atomic E-state index is -0.697. The molecule has 1 fully saturated rings. The van der Waals surface area contributed by atoms with Gasteiger partial charge in [0.05, 0.1) is 18.1 Å². The minimum absolute atomic E-state index is 0.156. The molecule has 2 unspecified atom stereocenters. The molecule has 2 heterocycles. The van der Waals surface area contributed by atoms with Crippen LogP contribution in [0.2, 0.25) is 0 Å². The van der Waals surface area contributed by atoms with Crippen molar-refractivity contribution < 1.29 is 23.8 Å². The first-order valence-electron chi connectivity index (χ1n) is 11.9. The topological polar surface area (TPSA) is 61.8 Å². The number of fused-ring (bicyclic) bond motifs is 1. The van der Waals surface area contributed by atoms with Gasteiger partial charge in [-0.2, -0.15) is 0 Å². The van der Waals surface area contributed by atoms with E-state index in [-0.39, 0.29) is 24.0 Å². The van der Waals surface area contributed by atoms with Crippen molar-refractivity contribution in [2.75, 3.05) is 7.11 Å². The van der Waals surface area contributed by atoms with E-state index in [9.17, 15) is 9.59 Å². The number of ether oxygens (including phenoxy) is 3. The number of esters is 1. The van der Waals surface area contributed by atoms with Gasteiger partial charge in [0.1, 0.15) is 6.10 Å². The molecule has 0 spiro atoms. The van der Waals surface area contributed by atoms with Gasteiger partial charge in [0.15, 0.2) is 11.6 Å². The number of unbranched alkanes of at least 4 members (excludes halogenated alkanes) is 2. The van der Waals surface area contributed by atoms with Gasteiger partial charge in [-0.15, -0.1) is 11.3 Å². The molecule has 1 saturated heterocycles. The lowest BCUT2D eigenvalue weighted by atomic mass is 10.0. The van der Waals surface area contributed by atoms with Crippen molar-refractivity contribution in [1.82, 2.24) is 0 Å². The second-order valence-corrected chi connectivity index (χ2v) is 10.2. The van der Waals surface area contributed by atoms with Gasteiger partial charge in [0.25, 0.3) is 0 Å². The molecule has 33 heavy (non-hydrogen) atoms. The fraction of sp³-hybridized carbons (Fsp3) is 0.556. The molecule has 5 nitrogen and oxygen atoms in total. The second kappa shape index (κ2) is 11.4. The largest absolute Gasteiger partial charge is 0.469 e. The number of carbonyl (C=O) groups excluding carboxylic acids is 2. The lowest BCUT2D eigenvalue weighted by Gasteiger charge is -2.16. The highest BCUT2D eigenvalue weighted by molar-refractivity contribution is 7.21. The van der Waals surface area contributed by atoms with Gasteiger partial charge in [-0.05, 0) is 51.7 Å². The quantitative estimate of drug-likeness (QED) is 0.203. The van der Waals surface area contributed by atoms with Crippen LogP contribution in [0.4, 0.5) is 0 Å². The molecule has 0 radical (unpaired) electrons. The monoisotopic (exact) mass is 472 g/mol. The van der Waals surface area contributed by atoms with Crippen LogP contribution in [-0.4, -0.2) is 36.9 Å². The van der Waals surface area contributed by atoms with E-state index < -0.39 is 5.79 Å². The number of rotatable bonds is 11. The minimum Gasteiger partial charge on any atom is -0.469 e. The molecule has 0 saturated carbocycles. The first-order chi connectivity index (χ1) is 15.7. The van der Waals surface area contributed by atoms with Gasteiger partial charge in [0, 0.05) is 28.5 Å². The molecule has 1 aliphatic rings. The molecule has 0 amide bonds. The summed E-state index contributed by atoms with van der Waals surface area (Å²) < 4.78 is 18.1. The standard InChI is InChI=1S/C27H36O5S/c1-6-7-8-10-21(28)26-20(19-14-13-18(2)17-24(19)33-26)15-16-23-22(31-27(3,4)32-23)11-9-12-25(29)30-5/h13-17,22-23H,6-12H2,1-5H3/b16-15+. The maximum absolute atomic E-state index is 13.1. The summed E-state index contributed by atoms with van der Waals surface area (Å²) in [6.45, 7) is 8.02. The zero-order chi connectivity index (χ0) is 24.0. The summed E-state index contributed by atoms with van der Waals surface area (Å²) in [5.74, 6) is -0.704. The number of hydrogen-bond acceptors (Lipinski definition) is 6. The highest BCUT2D eigenvalue weighted by atomic mass is 32.1. The Morgan fingerprint density at radius 2 is 1.94 bits per heavy atom. The normalized spacial score (nSPS) is 20.0. The molecule has 1 aromatic heterocycles. The zero-order valence-electron chi connectivity index (χ0n) is 20.4. The molecule has 0 N–H and O–H groups in total. The zero-order valence-corrected chi connectivity index (χ0v) is 21.3. The number of hydrogen-bond donors (Lipinski definition) is 0. The third-order valence-corrected chi connectivity index (χ3v) is 7.13. The van der Waals surface area contributed by atoms with E-state index in [0.29, 0.717) is 25.7 Å². The number of methoxy groups -OCH3 is 1. The summed E-state index contributed by atoms with van der Waals surface area (Å²) in [6, 6.07) is 6.34. The number of carbonyl (C=O) groups is 2. The molecule has 3 rings (SSSR count). The fourth-order valence-corrected chi connectivity index (χ4v) is 5.49. The van der Waals surface area contributed by atoms with Gasteiger partial charge >= 0.3 is 5.97 Å². The first-order valence-corrected chi connectivity index (χ1v) is 12.7. The van der Waals surface area contributed by atoms with Crippen molar-refractivity contribution in [3.8, 4) is 0 Å². The Labute approximate surface area is 201 Å². The molecule has 2 atom stereocenters. The van der Waals surface area contributed by atoms with Crippen LogP contribution in [0, 0.1) is 6.92 Å². The van der Waals surface area contributed by atoms with Gasteiger partial charge in [-0.1, -0.05) is 44.1 Å². The Morgan fingerprint density at radius 3 is 2.67 bits per heavy atom. The predicted octanol–water partition coefficient (Wildman–Crippen LogP) is 6.85. The number of ketones is 1. The van der Waals surface area contributed by atoms with Crippen LogP contribution in [0.25, 0.3) is 16.2 Å². The average Bonchev–Trinajstić information content (AvgIpc) is 3.27. The molecule has 180 valence electrons. The molecule has 1 aliphatic heterocycles. The number of Topliss-reactive ketones (excluding diaryl/α,β-unsaturated/α-hetero) is 1. The Kier molecular flexibility index (Phi) is 8.85. The fourth-order valence-electron chi connectivity index (χ4n) is 4.24. The smallest absolute Gasteiger partial charge is 0.305 e. The van der Waals surface area contributed by atoms with Crippen molar-refractivity contribution >= 4 is 39.3 Å². The van der Waals surface area contributed by atoms with E-state index in [4.69, 9.17) is 14.2 Å². The van der Waals surface area contributed by atoms with Crippen LogP contribution in [0.15, 0.2) is 24.3 Å². The van der Waals surface area contributed by atoms with Crippen LogP contribution < -0.4 is 0 Å². The van der Waals surface area contributed by atoms with E-state index in [0.717, 1.165) is 39.8 Å². The third kappa shape index (κ3) is 6.75. The summed E-state index contributed by atoms with van der Waals surface area (Å²) in [5.41, 5.74) is 2.15. The van der Waals surface area contributed by atoms with Gasteiger partial charge in [0.2, 0.25) is 0 Å². The molecule has 0 bridgehead atoms. The molecule has 6 heteroatoms. The predicted molar refractivity (Wildman–Crippen MR) is 134 cm³/mol. The third-order valence-electron chi connectivity index (χ3n) is 5.92. The Bertz CT molecular complexity index is 1000. The Hall–Kier alpha value is -2.02. The Balaban J connectivity index is 1.84. The van der Waals surface area contributed by atoms with Crippen molar-refractivity contribution in [3.63, 3.8) is 0 Å². The average molecular weight is 473 g/mol. The van der Waals surface area contributed by atoms with Crippen LogP contribution in [0.5, 0.6) is 0 Å². The van der Waals surface area contributed by atoms with Crippen molar-refractivity contribution in [2.45, 2.75) is 90.6 Å². The van der Waals surface area contributed by atoms with Crippen molar-refractivity contribution in [2.24, 2.45) is 0 Å². The maximum Gasteiger partial charge on any atom is 0.305 e. The number of aryl methyl sites for hydroxylation is 1. The Morgan fingerprint density at radius 1 is 1.15 bits per heavy atom. The lowest BCUT2D eigenvalue weighted by molar-refractivity contribution is -0.144. The number of benzene rings is 1. The van der Waals surface area contributed by atoms with Gasteiger partial charge in [-0.3, -0.25) is 9.59 Å². The highest BCUT2D eigenvalue weighted by Crippen LogP contribution is 2.36. The van der Waals surface area contributed by atoms with Crippen LogP contribution in [-0.2, 0) is 19.0 Å². The summed E-state index contributed by atoms with van der Waals surface area (Å²) in [6.07, 6.45) is 9.02. The van der Waals surface area contributed by atoms with E-state index >= 15 is 0 Å². The van der Waals surface area contributed by atoms with E-state index in [1.54, 1.807) is 11.3 Å². The molecule has 2 aromatic rings. The SMILES string of the molecule is CCCCCC(=O)c1sc2cc(C)ccc2c1/C=C/C1OC(C)(C)OC1CCCC(=O)OC. The van der Waals surface area contributed by atoms with Crippen LogP contribution in [0.1, 0.15) is 86.5 Å². The molecular formula is C27H36O5S. The van der Waals surface area contributed by atoms with Gasteiger partial charge in [-0.25, -0.2) is 0 Å². The molecule has 0 aliphatic carbocycles.